The predicted octanol–water partition coefficient (Wildman–Crippen LogP) is 2.23. The van der Waals surface area contributed by atoms with E-state index in [0.717, 1.165) is 19.3 Å². The van der Waals surface area contributed by atoms with Crippen molar-refractivity contribution in [2.24, 2.45) is 0 Å². The Kier molecular flexibility index (Phi) is 3.45. The largest absolute Gasteiger partial charge is 0.470 e. The van der Waals surface area contributed by atoms with Crippen molar-refractivity contribution in [1.82, 2.24) is 5.32 Å². The van der Waals surface area contributed by atoms with Crippen LogP contribution in [0.3, 0.4) is 0 Å². The molecule has 1 atom stereocenters. The second kappa shape index (κ2) is 5.03. The van der Waals surface area contributed by atoms with E-state index in [9.17, 15) is 14.9 Å². The number of carbonyl (C=O) groups excluding carboxylic acids is 1. The van der Waals surface area contributed by atoms with Crippen LogP contribution in [0.1, 0.15) is 36.5 Å². The van der Waals surface area contributed by atoms with Gasteiger partial charge in [-0.25, -0.2) is 0 Å². The number of benzene rings is 1. The van der Waals surface area contributed by atoms with Gasteiger partial charge in [0.15, 0.2) is 6.23 Å². The zero-order valence-corrected chi connectivity index (χ0v) is 10.0. The van der Waals surface area contributed by atoms with Gasteiger partial charge in [-0.3, -0.25) is 14.9 Å². The molecule has 0 saturated heterocycles. The molecule has 6 heteroatoms. The van der Waals surface area contributed by atoms with Crippen LogP contribution in [-0.2, 0) is 0 Å². The molecule has 18 heavy (non-hydrogen) atoms. The Hall–Kier alpha value is -2.11. The summed E-state index contributed by atoms with van der Waals surface area (Å²) in [5.41, 5.74) is 0.108. The predicted molar refractivity (Wildman–Crippen MR) is 64.5 cm³/mol. The summed E-state index contributed by atoms with van der Waals surface area (Å²) >= 11 is 0. The third-order valence-electron chi connectivity index (χ3n) is 2.80. The number of fused-ring (bicyclic) bond motifs is 1. The number of carbonyl (C=O) groups is 1. The summed E-state index contributed by atoms with van der Waals surface area (Å²) in [6, 6.07) is 4.06. The fourth-order valence-corrected chi connectivity index (χ4v) is 1.84. The molecule has 1 heterocycles. The number of rotatable bonds is 4. The first-order valence-electron chi connectivity index (χ1n) is 5.87. The van der Waals surface area contributed by atoms with Gasteiger partial charge in [0, 0.05) is 18.6 Å². The molecule has 0 fully saturated rings. The van der Waals surface area contributed by atoms with Crippen molar-refractivity contribution >= 4 is 11.6 Å². The van der Waals surface area contributed by atoms with Crippen LogP contribution in [-0.4, -0.2) is 17.1 Å². The lowest BCUT2D eigenvalue weighted by Crippen LogP contribution is -2.43. The van der Waals surface area contributed by atoms with Gasteiger partial charge in [0.2, 0.25) is 0 Å². The molecule has 1 aliphatic rings. The van der Waals surface area contributed by atoms with Gasteiger partial charge in [-0.2, -0.15) is 0 Å². The second-order valence-corrected chi connectivity index (χ2v) is 4.16. The summed E-state index contributed by atoms with van der Waals surface area (Å²) in [6.07, 6.45) is 2.36. The highest BCUT2D eigenvalue weighted by Gasteiger charge is 2.26. The Morgan fingerprint density at radius 1 is 1.50 bits per heavy atom. The first-order valence-corrected chi connectivity index (χ1v) is 5.87. The van der Waals surface area contributed by atoms with Gasteiger partial charge in [-0.15, -0.1) is 0 Å². The topological polar surface area (TPSA) is 81.5 Å². The van der Waals surface area contributed by atoms with Gasteiger partial charge >= 0.3 is 0 Å². The van der Waals surface area contributed by atoms with Gasteiger partial charge in [0.25, 0.3) is 11.6 Å². The standard InChI is InChI=1S/C12H14N2O4/c1-2-3-4-11-13-12(15)9-7-8(14(16)17)5-6-10(9)18-11/h5-7,11H,2-4H2,1H3,(H,13,15). The summed E-state index contributed by atoms with van der Waals surface area (Å²) in [5.74, 6) is 0.0894. The molecule has 1 aliphatic heterocycles. The molecule has 1 unspecified atom stereocenters. The Bertz CT molecular complexity index is 487. The molecule has 0 aromatic heterocycles. The maximum Gasteiger partial charge on any atom is 0.270 e. The van der Waals surface area contributed by atoms with Gasteiger partial charge in [0.05, 0.1) is 10.5 Å². The molecule has 6 nitrogen and oxygen atoms in total. The van der Waals surface area contributed by atoms with Crippen LogP contribution >= 0.6 is 0 Å². The molecule has 1 aromatic rings. The fourth-order valence-electron chi connectivity index (χ4n) is 1.84. The third-order valence-corrected chi connectivity index (χ3v) is 2.80. The Morgan fingerprint density at radius 3 is 2.94 bits per heavy atom. The molecule has 1 N–H and O–H groups in total. The van der Waals surface area contributed by atoms with Crippen molar-refractivity contribution in [3.8, 4) is 5.75 Å². The van der Waals surface area contributed by atoms with E-state index in [4.69, 9.17) is 4.74 Å². The number of hydrogen-bond donors (Lipinski definition) is 1. The highest BCUT2D eigenvalue weighted by Crippen LogP contribution is 2.28. The molecule has 0 spiro atoms. The lowest BCUT2D eigenvalue weighted by atomic mass is 10.1. The number of amides is 1. The third kappa shape index (κ3) is 2.42. The Morgan fingerprint density at radius 2 is 2.28 bits per heavy atom. The number of hydrogen-bond acceptors (Lipinski definition) is 4. The van der Waals surface area contributed by atoms with E-state index in [1.807, 2.05) is 0 Å². The fraction of sp³-hybridized carbons (Fsp3) is 0.417. The number of nitro groups is 1. The van der Waals surface area contributed by atoms with Crippen LogP contribution in [0.4, 0.5) is 5.69 Å². The van der Waals surface area contributed by atoms with Crippen LogP contribution < -0.4 is 10.1 Å². The maximum atomic E-state index is 11.8. The number of non-ortho nitro benzene ring substituents is 1. The van der Waals surface area contributed by atoms with Crippen molar-refractivity contribution in [2.75, 3.05) is 0 Å². The van der Waals surface area contributed by atoms with Crippen molar-refractivity contribution < 1.29 is 14.5 Å². The molecular weight excluding hydrogens is 236 g/mol. The zero-order valence-electron chi connectivity index (χ0n) is 10.0. The van der Waals surface area contributed by atoms with E-state index in [-0.39, 0.29) is 23.4 Å². The van der Waals surface area contributed by atoms with E-state index in [1.54, 1.807) is 0 Å². The van der Waals surface area contributed by atoms with Gasteiger partial charge in [0.1, 0.15) is 5.75 Å². The highest BCUT2D eigenvalue weighted by atomic mass is 16.6. The molecule has 0 radical (unpaired) electrons. The minimum Gasteiger partial charge on any atom is -0.470 e. The summed E-state index contributed by atoms with van der Waals surface area (Å²) in [5, 5.41) is 13.3. The van der Waals surface area contributed by atoms with Gasteiger partial charge < -0.3 is 10.1 Å². The number of nitro benzene ring substituents is 1. The zero-order chi connectivity index (χ0) is 13.1. The molecule has 0 aliphatic carbocycles. The van der Waals surface area contributed by atoms with E-state index in [0.29, 0.717) is 5.75 Å². The van der Waals surface area contributed by atoms with Crippen LogP contribution in [0.25, 0.3) is 0 Å². The monoisotopic (exact) mass is 250 g/mol. The average Bonchev–Trinajstić information content (AvgIpc) is 2.36. The average molecular weight is 250 g/mol. The van der Waals surface area contributed by atoms with Gasteiger partial charge in [-0.1, -0.05) is 13.3 Å². The van der Waals surface area contributed by atoms with Crippen molar-refractivity contribution in [3.63, 3.8) is 0 Å². The van der Waals surface area contributed by atoms with E-state index in [1.165, 1.54) is 18.2 Å². The molecular formula is C12H14N2O4. The van der Waals surface area contributed by atoms with E-state index < -0.39 is 4.92 Å². The lowest BCUT2D eigenvalue weighted by Gasteiger charge is -2.26. The van der Waals surface area contributed by atoms with Crippen molar-refractivity contribution in [1.29, 1.82) is 0 Å². The van der Waals surface area contributed by atoms with Crippen molar-refractivity contribution in [2.45, 2.75) is 32.4 Å². The Labute approximate surface area is 104 Å². The summed E-state index contributed by atoms with van der Waals surface area (Å²) in [7, 11) is 0. The Balaban J connectivity index is 2.22. The minimum atomic E-state index is -0.531. The van der Waals surface area contributed by atoms with Crippen LogP contribution in [0.15, 0.2) is 18.2 Å². The van der Waals surface area contributed by atoms with Crippen molar-refractivity contribution in [3.05, 3.63) is 33.9 Å². The number of nitrogens with one attached hydrogen (secondary N) is 1. The first-order chi connectivity index (χ1) is 8.61. The van der Waals surface area contributed by atoms with Crippen LogP contribution in [0, 0.1) is 10.1 Å². The van der Waals surface area contributed by atoms with Crippen LogP contribution in [0.2, 0.25) is 0 Å². The SMILES string of the molecule is CCCCC1NC(=O)c2cc([N+](=O)[O-])ccc2O1. The normalized spacial score (nSPS) is 17.6. The minimum absolute atomic E-state index is 0.112. The summed E-state index contributed by atoms with van der Waals surface area (Å²) in [6.45, 7) is 2.06. The molecule has 1 amide bonds. The molecule has 96 valence electrons. The molecule has 1 aromatic carbocycles. The first kappa shape index (κ1) is 12.3. The molecule has 0 bridgehead atoms. The van der Waals surface area contributed by atoms with E-state index >= 15 is 0 Å². The molecule has 2 rings (SSSR count). The van der Waals surface area contributed by atoms with Crippen LogP contribution in [0.5, 0.6) is 5.75 Å². The molecule has 0 saturated carbocycles. The second-order valence-electron chi connectivity index (χ2n) is 4.16. The summed E-state index contributed by atoms with van der Waals surface area (Å²) < 4.78 is 5.58. The number of ether oxygens (including phenoxy) is 1. The lowest BCUT2D eigenvalue weighted by molar-refractivity contribution is -0.384. The maximum absolute atomic E-state index is 11.8. The highest BCUT2D eigenvalue weighted by molar-refractivity contribution is 5.98. The quantitative estimate of drug-likeness (QED) is 0.656. The summed E-state index contributed by atoms with van der Waals surface area (Å²) in [4.78, 5) is 21.9. The van der Waals surface area contributed by atoms with E-state index in [2.05, 4.69) is 12.2 Å². The number of unbranched alkanes of at least 4 members (excludes halogenated alkanes) is 1. The van der Waals surface area contributed by atoms with Gasteiger partial charge in [-0.05, 0) is 12.5 Å². The smallest absolute Gasteiger partial charge is 0.270 e. The number of nitrogens with zero attached hydrogens (tertiary/aromatic N) is 1.